The number of carbonyl (C=O) groups excluding carboxylic acids is 1. The van der Waals surface area contributed by atoms with Crippen LogP contribution in [-0.4, -0.2) is 64.9 Å². The molecule has 0 unspecified atom stereocenters. The number of morpholine rings is 1. The molecule has 0 spiro atoms. The van der Waals surface area contributed by atoms with E-state index in [0.717, 1.165) is 55.5 Å². The zero-order valence-corrected chi connectivity index (χ0v) is 18.6. The van der Waals surface area contributed by atoms with Gasteiger partial charge in [0, 0.05) is 49.2 Å². The number of amides is 1. The van der Waals surface area contributed by atoms with Gasteiger partial charge in [-0.15, -0.1) is 0 Å². The second-order valence-corrected chi connectivity index (χ2v) is 8.37. The summed E-state index contributed by atoms with van der Waals surface area (Å²) in [4.78, 5) is 33.2. The molecule has 5 rings (SSSR count). The summed E-state index contributed by atoms with van der Waals surface area (Å²) in [5.41, 5.74) is 3.45. The Bertz CT molecular complexity index is 1090. The van der Waals surface area contributed by atoms with Crippen molar-refractivity contribution in [1.82, 2.24) is 25.0 Å². The molecule has 0 radical (unpaired) electrons. The summed E-state index contributed by atoms with van der Waals surface area (Å²) < 4.78 is 13.9. The molecule has 1 saturated heterocycles. The highest BCUT2D eigenvalue weighted by Crippen LogP contribution is 2.32. The van der Waals surface area contributed by atoms with Crippen molar-refractivity contribution in [2.75, 3.05) is 38.3 Å². The summed E-state index contributed by atoms with van der Waals surface area (Å²) in [6.45, 7) is 2.94. The Morgan fingerprint density at radius 2 is 2.00 bits per heavy atom. The Morgan fingerprint density at radius 3 is 2.73 bits per heavy atom. The fraction of sp³-hybridized carbons (Fsp3) is 0.478. The molecular formula is C23H28N6O4. The first kappa shape index (κ1) is 21.6. The van der Waals surface area contributed by atoms with Crippen molar-refractivity contribution in [2.24, 2.45) is 0 Å². The van der Waals surface area contributed by atoms with E-state index in [2.05, 4.69) is 24.9 Å². The average molecular weight is 453 g/mol. The van der Waals surface area contributed by atoms with Gasteiger partial charge in [-0.25, -0.2) is 20.4 Å². The van der Waals surface area contributed by atoms with Crippen molar-refractivity contribution < 1.29 is 19.1 Å². The SMILES string of the molecule is CONC(=O)c1cc2cnc(N3CCOCC3)cc2nc1OC1CCC(n2ccnc2)CC1. The van der Waals surface area contributed by atoms with Crippen LogP contribution >= 0.6 is 0 Å². The number of nitrogens with zero attached hydrogens (tertiary/aromatic N) is 5. The summed E-state index contributed by atoms with van der Waals surface area (Å²) in [6, 6.07) is 4.14. The normalized spacial score (nSPS) is 21.2. The minimum atomic E-state index is -0.397. The van der Waals surface area contributed by atoms with E-state index < -0.39 is 5.91 Å². The van der Waals surface area contributed by atoms with Gasteiger partial charge in [-0.3, -0.25) is 9.63 Å². The maximum atomic E-state index is 12.7. The van der Waals surface area contributed by atoms with Gasteiger partial charge in [0.1, 0.15) is 17.5 Å². The van der Waals surface area contributed by atoms with Crippen molar-refractivity contribution in [3.8, 4) is 5.88 Å². The molecular weight excluding hydrogens is 424 g/mol. The largest absolute Gasteiger partial charge is 0.474 e. The van der Waals surface area contributed by atoms with Crippen molar-refractivity contribution in [3.63, 3.8) is 0 Å². The minimum absolute atomic E-state index is 0.00985. The number of fused-ring (bicyclic) bond motifs is 1. The highest BCUT2D eigenvalue weighted by atomic mass is 16.6. The molecule has 10 nitrogen and oxygen atoms in total. The van der Waals surface area contributed by atoms with Crippen molar-refractivity contribution in [2.45, 2.75) is 37.8 Å². The van der Waals surface area contributed by atoms with E-state index in [1.165, 1.54) is 7.11 Å². The van der Waals surface area contributed by atoms with Gasteiger partial charge in [0.2, 0.25) is 5.88 Å². The first-order valence-corrected chi connectivity index (χ1v) is 11.3. The third-order valence-electron chi connectivity index (χ3n) is 6.29. The second kappa shape index (κ2) is 9.72. The van der Waals surface area contributed by atoms with Crippen molar-refractivity contribution in [1.29, 1.82) is 0 Å². The van der Waals surface area contributed by atoms with E-state index in [1.807, 2.05) is 24.8 Å². The Labute approximate surface area is 191 Å². The molecule has 2 aliphatic rings. The summed E-state index contributed by atoms with van der Waals surface area (Å²) in [6.07, 6.45) is 11.1. The number of imidazole rings is 1. The zero-order chi connectivity index (χ0) is 22.6. The molecule has 4 heterocycles. The number of pyridine rings is 2. The molecule has 3 aromatic heterocycles. The molecule has 1 aliphatic heterocycles. The molecule has 174 valence electrons. The van der Waals surface area contributed by atoms with Crippen LogP contribution in [0.1, 0.15) is 42.1 Å². The van der Waals surface area contributed by atoms with E-state index in [9.17, 15) is 4.79 Å². The number of rotatable bonds is 6. The van der Waals surface area contributed by atoms with Crippen LogP contribution < -0.4 is 15.1 Å². The topological polar surface area (TPSA) is 104 Å². The van der Waals surface area contributed by atoms with Crippen LogP contribution in [0, 0.1) is 0 Å². The van der Waals surface area contributed by atoms with Crippen LogP contribution in [0.25, 0.3) is 10.9 Å². The second-order valence-electron chi connectivity index (χ2n) is 8.37. The summed E-state index contributed by atoms with van der Waals surface area (Å²) in [5.74, 6) is 0.771. The van der Waals surface area contributed by atoms with Crippen LogP contribution in [0.15, 0.2) is 37.1 Å². The molecule has 2 fully saturated rings. The predicted octanol–water partition coefficient (Wildman–Crippen LogP) is 2.52. The monoisotopic (exact) mass is 452 g/mol. The van der Waals surface area contributed by atoms with Crippen LogP contribution in [0.5, 0.6) is 5.88 Å². The fourth-order valence-corrected chi connectivity index (χ4v) is 4.51. The molecule has 3 aromatic rings. The third-order valence-corrected chi connectivity index (χ3v) is 6.29. The molecule has 33 heavy (non-hydrogen) atoms. The maximum absolute atomic E-state index is 12.7. The van der Waals surface area contributed by atoms with E-state index >= 15 is 0 Å². The fourth-order valence-electron chi connectivity index (χ4n) is 4.51. The molecule has 0 aromatic carbocycles. The van der Waals surface area contributed by atoms with Crippen LogP contribution in [-0.2, 0) is 9.57 Å². The first-order chi connectivity index (χ1) is 16.2. The van der Waals surface area contributed by atoms with Gasteiger partial charge >= 0.3 is 0 Å². The number of hydrogen-bond acceptors (Lipinski definition) is 8. The maximum Gasteiger partial charge on any atom is 0.280 e. The van der Waals surface area contributed by atoms with E-state index in [0.29, 0.717) is 30.7 Å². The van der Waals surface area contributed by atoms with Crippen LogP contribution in [0.4, 0.5) is 5.82 Å². The lowest BCUT2D eigenvalue weighted by Gasteiger charge is -2.30. The summed E-state index contributed by atoms with van der Waals surface area (Å²) in [5, 5.41) is 0.768. The number of hydrogen-bond donors (Lipinski definition) is 1. The third kappa shape index (κ3) is 4.76. The van der Waals surface area contributed by atoms with Gasteiger partial charge in [-0.1, -0.05) is 0 Å². The first-order valence-electron chi connectivity index (χ1n) is 11.3. The average Bonchev–Trinajstić information content (AvgIpc) is 3.39. The van der Waals surface area contributed by atoms with Crippen LogP contribution in [0.2, 0.25) is 0 Å². The standard InChI is InChI=1S/C23H28N6O4/c1-31-27-22(30)19-12-16-14-25-21(28-8-10-32-11-9-28)13-20(16)26-23(19)33-18-4-2-17(3-5-18)29-7-6-24-15-29/h6-7,12-15,17-18H,2-5,8-11H2,1H3,(H,27,30). The zero-order valence-electron chi connectivity index (χ0n) is 18.6. The Hall–Kier alpha value is -3.24. The predicted molar refractivity (Wildman–Crippen MR) is 121 cm³/mol. The highest BCUT2D eigenvalue weighted by Gasteiger charge is 2.26. The minimum Gasteiger partial charge on any atom is -0.474 e. The smallest absolute Gasteiger partial charge is 0.280 e. The Morgan fingerprint density at radius 1 is 1.18 bits per heavy atom. The highest BCUT2D eigenvalue weighted by molar-refractivity contribution is 5.99. The van der Waals surface area contributed by atoms with Gasteiger partial charge in [0.25, 0.3) is 5.91 Å². The van der Waals surface area contributed by atoms with E-state index in [1.54, 1.807) is 12.3 Å². The van der Waals surface area contributed by atoms with Crippen molar-refractivity contribution in [3.05, 3.63) is 42.6 Å². The molecule has 1 saturated carbocycles. The number of ether oxygens (including phenoxy) is 2. The quantitative estimate of drug-likeness (QED) is 0.569. The molecule has 0 atom stereocenters. The van der Waals surface area contributed by atoms with Gasteiger partial charge in [0.05, 0.1) is 32.2 Å². The molecule has 1 amide bonds. The van der Waals surface area contributed by atoms with E-state index in [4.69, 9.17) is 19.3 Å². The number of hydroxylamine groups is 1. The summed E-state index contributed by atoms with van der Waals surface area (Å²) in [7, 11) is 1.40. The van der Waals surface area contributed by atoms with Crippen molar-refractivity contribution >= 4 is 22.6 Å². The van der Waals surface area contributed by atoms with Gasteiger partial charge in [0.15, 0.2) is 0 Å². The van der Waals surface area contributed by atoms with Crippen LogP contribution in [0.3, 0.4) is 0 Å². The molecule has 0 bridgehead atoms. The van der Waals surface area contributed by atoms with Gasteiger partial charge < -0.3 is 18.9 Å². The number of nitrogens with one attached hydrogen (secondary N) is 1. The van der Waals surface area contributed by atoms with E-state index in [-0.39, 0.29) is 6.10 Å². The van der Waals surface area contributed by atoms with Gasteiger partial charge in [-0.2, -0.15) is 0 Å². The Balaban J connectivity index is 1.39. The number of carbonyl (C=O) groups is 1. The van der Waals surface area contributed by atoms with Gasteiger partial charge in [-0.05, 0) is 31.7 Å². The lowest BCUT2D eigenvalue weighted by molar-refractivity contribution is 0.0527. The molecule has 1 N–H and O–H groups in total. The number of anilines is 1. The molecule has 10 heteroatoms. The summed E-state index contributed by atoms with van der Waals surface area (Å²) >= 11 is 0. The Kier molecular flexibility index (Phi) is 6.36. The number of aromatic nitrogens is 4. The lowest BCUT2D eigenvalue weighted by atomic mass is 9.93. The molecule has 1 aliphatic carbocycles. The lowest BCUT2D eigenvalue weighted by Crippen LogP contribution is -2.36.